The van der Waals surface area contributed by atoms with Gasteiger partial charge in [0, 0.05) is 6.04 Å². The van der Waals surface area contributed by atoms with Crippen molar-refractivity contribution in [2.45, 2.75) is 31.7 Å². The highest BCUT2D eigenvalue weighted by molar-refractivity contribution is 5.32. The van der Waals surface area contributed by atoms with Crippen molar-refractivity contribution >= 4 is 0 Å². The fraction of sp³-hybridized carbons (Fsp3) is 0.368. The Morgan fingerprint density at radius 3 is 2.15 bits per heavy atom. The van der Waals surface area contributed by atoms with Crippen LogP contribution in [0.1, 0.15) is 23.1 Å². The monoisotopic (exact) mass is 265 g/mol. The number of fused-ring (bicyclic) bond motifs is 1. The molecule has 0 saturated heterocycles. The minimum Gasteiger partial charge on any atom is -0.317 e. The van der Waals surface area contributed by atoms with E-state index in [1.807, 2.05) is 0 Å². The summed E-state index contributed by atoms with van der Waals surface area (Å²) < 4.78 is 0. The zero-order valence-electron chi connectivity index (χ0n) is 12.2. The molecule has 0 aliphatic heterocycles. The van der Waals surface area contributed by atoms with Crippen LogP contribution in [-0.2, 0) is 19.3 Å². The lowest BCUT2D eigenvalue weighted by atomic mass is 9.91. The summed E-state index contributed by atoms with van der Waals surface area (Å²) in [5.41, 5.74) is 4.55. The van der Waals surface area contributed by atoms with Gasteiger partial charge in [0.1, 0.15) is 0 Å². The van der Waals surface area contributed by atoms with Crippen LogP contribution in [0.5, 0.6) is 0 Å². The number of hydrogen-bond acceptors (Lipinski definition) is 1. The van der Waals surface area contributed by atoms with Gasteiger partial charge in [-0.1, -0.05) is 54.6 Å². The Balaban J connectivity index is 1.61. The van der Waals surface area contributed by atoms with Crippen LogP contribution in [0.25, 0.3) is 0 Å². The smallest absolute Gasteiger partial charge is 0.0102 e. The average molecular weight is 265 g/mol. The molecule has 0 amide bonds. The van der Waals surface area contributed by atoms with E-state index < -0.39 is 0 Å². The van der Waals surface area contributed by atoms with Gasteiger partial charge in [0.25, 0.3) is 0 Å². The van der Waals surface area contributed by atoms with Crippen LogP contribution in [-0.4, -0.2) is 13.1 Å². The van der Waals surface area contributed by atoms with Crippen LogP contribution in [0.4, 0.5) is 0 Å². The molecular formula is C19H23N. The molecule has 104 valence electrons. The second-order valence-electron chi connectivity index (χ2n) is 5.86. The molecule has 0 aromatic heterocycles. The van der Waals surface area contributed by atoms with Crippen molar-refractivity contribution in [1.82, 2.24) is 5.32 Å². The molecule has 1 N–H and O–H groups in total. The molecule has 1 aliphatic carbocycles. The number of nitrogens with one attached hydrogen (secondary N) is 1. The van der Waals surface area contributed by atoms with Gasteiger partial charge in [0.2, 0.25) is 0 Å². The second kappa shape index (κ2) is 6.23. The van der Waals surface area contributed by atoms with Gasteiger partial charge in [-0.25, -0.2) is 0 Å². The summed E-state index contributed by atoms with van der Waals surface area (Å²) in [7, 11) is 2.11. The van der Waals surface area contributed by atoms with Gasteiger partial charge in [-0.05, 0) is 55.3 Å². The predicted octanol–water partition coefficient (Wildman–Crippen LogP) is 3.62. The second-order valence-corrected chi connectivity index (χ2v) is 5.86. The molecule has 1 aliphatic rings. The van der Waals surface area contributed by atoms with Crippen LogP contribution in [0.3, 0.4) is 0 Å². The van der Waals surface area contributed by atoms with Gasteiger partial charge >= 0.3 is 0 Å². The molecule has 0 fully saturated rings. The van der Waals surface area contributed by atoms with E-state index in [4.69, 9.17) is 0 Å². The quantitative estimate of drug-likeness (QED) is 0.870. The first-order valence-electron chi connectivity index (χ1n) is 7.65. The van der Waals surface area contributed by atoms with Crippen molar-refractivity contribution in [2.24, 2.45) is 5.92 Å². The topological polar surface area (TPSA) is 12.0 Å². The van der Waals surface area contributed by atoms with Gasteiger partial charge in [-0.15, -0.1) is 0 Å². The summed E-state index contributed by atoms with van der Waals surface area (Å²) in [6.45, 7) is 0. The van der Waals surface area contributed by atoms with Crippen LogP contribution in [0, 0.1) is 5.92 Å². The Morgan fingerprint density at radius 1 is 0.950 bits per heavy atom. The number of rotatable bonds is 5. The number of aryl methyl sites for hydroxylation is 1. The van der Waals surface area contributed by atoms with Crippen LogP contribution >= 0.6 is 0 Å². The maximum Gasteiger partial charge on any atom is 0.0102 e. The van der Waals surface area contributed by atoms with Crippen LogP contribution < -0.4 is 5.32 Å². The third-order valence-electron chi connectivity index (χ3n) is 4.61. The molecule has 1 atom stereocenters. The summed E-state index contributed by atoms with van der Waals surface area (Å²) in [5, 5.41) is 3.55. The zero-order valence-corrected chi connectivity index (χ0v) is 12.2. The van der Waals surface area contributed by atoms with E-state index in [-0.39, 0.29) is 0 Å². The summed E-state index contributed by atoms with van der Waals surface area (Å²) in [6.07, 6.45) is 4.85. The van der Waals surface area contributed by atoms with Crippen LogP contribution in [0.2, 0.25) is 0 Å². The van der Waals surface area contributed by atoms with Crippen molar-refractivity contribution in [3.8, 4) is 0 Å². The third-order valence-corrected chi connectivity index (χ3v) is 4.61. The standard InChI is InChI=1S/C19H23N/c1-20-19(12-11-15-7-3-2-4-8-15)18-13-16-9-5-6-10-17(16)14-18/h2-10,18-20H,11-14H2,1H3. The summed E-state index contributed by atoms with van der Waals surface area (Å²) in [5.74, 6) is 0.751. The Bertz CT molecular complexity index is 522. The number of benzene rings is 2. The molecule has 3 rings (SSSR count). The Morgan fingerprint density at radius 2 is 1.55 bits per heavy atom. The molecule has 0 heterocycles. The van der Waals surface area contributed by atoms with E-state index in [2.05, 4.69) is 67.0 Å². The van der Waals surface area contributed by atoms with Crippen molar-refractivity contribution in [1.29, 1.82) is 0 Å². The van der Waals surface area contributed by atoms with E-state index in [1.165, 1.54) is 31.2 Å². The van der Waals surface area contributed by atoms with Crippen molar-refractivity contribution in [3.05, 3.63) is 71.3 Å². The molecule has 1 nitrogen and oxygen atoms in total. The first-order valence-corrected chi connectivity index (χ1v) is 7.65. The summed E-state index contributed by atoms with van der Waals surface area (Å²) in [6, 6.07) is 20.4. The third kappa shape index (κ3) is 2.94. The normalized spacial score (nSPS) is 16.1. The highest BCUT2D eigenvalue weighted by atomic mass is 14.9. The van der Waals surface area contributed by atoms with Crippen LogP contribution in [0.15, 0.2) is 54.6 Å². The van der Waals surface area contributed by atoms with Crippen molar-refractivity contribution < 1.29 is 0 Å². The SMILES string of the molecule is CNC(CCc1ccccc1)C1Cc2ccccc2C1. The lowest BCUT2D eigenvalue weighted by molar-refractivity contribution is 0.365. The molecule has 0 spiro atoms. The highest BCUT2D eigenvalue weighted by Crippen LogP contribution is 2.30. The lowest BCUT2D eigenvalue weighted by Crippen LogP contribution is -2.34. The summed E-state index contributed by atoms with van der Waals surface area (Å²) >= 11 is 0. The fourth-order valence-corrected chi connectivity index (χ4v) is 3.46. The summed E-state index contributed by atoms with van der Waals surface area (Å²) in [4.78, 5) is 0. The Labute approximate surface area is 122 Å². The van der Waals surface area contributed by atoms with Crippen molar-refractivity contribution in [3.63, 3.8) is 0 Å². The molecular weight excluding hydrogens is 242 g/mol. The largest absolute Gasteiger partial charge is 0.317 e. The molecule has 2 aromatic carbocycles. The maximum absolute atomic E-state index is 3.55. The highest BCUT2D eigenvalue weighted by Gasteiger charge is 2.27. The van der Waals surface area contributed by atoms with Gasteiger partial charge in [0.05, 0.1) is 0 Å². The average Bonchev–Trinajstić information content (AvgIpc) is 2.92. The van der Waals surface area contributed by atoms with E-state index in [1.54, 1.807) is 11.1 Å². The Hall–Kier alpha value is -1.60. The molecule has 0 saturated carbocycles. The number of hydrogen-bond donors (Lipinski definition) is 1. The minimum atomic E-state index is 0.614. The molecule has 2 aromatic rings. The van der Waals surface area contributed by atoms with E-state index in [9.17, 15) is 0 Å². The zero-order chi connectivity index (χ0) is 13.8. The van der Waals surface area contributed by atoms with E-state index >= 15 is 0 Å². The molecule has 20 heavy (non-hydrogen) atoms. The van der Waals surface area contributed by atoms with Gasteiger partial charge in [0.15, 0.2) is 0 Å². The molecule has 0 bridgehead atoms. The Kier molecular flexibility index (Phi) is 4.17. The fourth-order valence-electron chi connectivity index (χ4n) is 3.46. The van der Waals surface area contributed by atoms with Gasteiger partial charge in [-0.3, -0.25) is 0 Å². The molecule has 1 heteroatoms. The minimum absolute atomic E-state index is 0.614. The van der Waals surface area contributed by atoms with E-state index in [0.717, 1.165) is 5.92 Å². The molecule has 1 unspecified atom stereocenters. The van der Waals surface area contributed by atoms with Gasteiger partial charge in [-0.2, -0.15) is 0 Å². The molecule has 0 radical (unpaired) electrons. The lowest BCUT2D eigenvalue weighted by Gasteiger charge is -2.23. The first-order chi connectivity index (χ1) is 9.86. The van der Waals surface area contributed by atoms with E-state index in [0.29, 0.717) is 6.04 Å². The first kappa shape index (κ1) is 13.4. The maximum atomic E-state index is 3.55. The van der Waals surface area contributed by atoms with Crippen molar-refractivity contribution in [2.75, 3.05) is 7.05 Å². The van der Waals surface area contributed by atoms with Gasteiger partial charge < -0.3 is 5.32 Å². The predicted molar refractivity (Wildman–Crippen MR) is 85.0 cm³/mol.